The van der Waals surface area contributed by atoms with E-state index in [9.17, 15) is 38.3 Å². The van der Waals surface area contributed by atoms with Crippen LogP contribution >= 0.6 is 34.5 Å². The number of aryl methyl sites for hydroxylation is 1. The number of carbonyl (C=O) groups is 6. The minimum atomic E-state index is -0.876. The number of aromatic nitrogens is 3. The lowest BCUT2D eigenvalue weighted by molar-refractivity contribution is -0.144. The summed E-state index contributed by atoms with van der Waals surface area (Å²) in [7, 11) is 0. The number of nitrogens with zero attached hydrogens (tertiary/aromatic N) is 6. The van der Waals surface area contributed by atoms with Crippen LogP contribution in [0.2, 0.25) is 10.0 Å². The number of unbranched alkanes of at least 4 members (excludes halogenated alkanes) is 8. The van der Waals surface area contributed by atoms with Crippen LogP contribution in [0.15, 0.2) is 72.2 Å². The maximum Gasteiger partial charge on any atom is 0.276 e. The number of hydrogen-bond acceptors (Lipinski definition) is 13. The van der Waals surface area contributed by atoms with Crippen molar-refractivity contribution < 1.29 is 43.0 Å². The Bertz CT molecular complexity index is 3080. The number of carbonyl (C=O) groups excluding carboxylic acids is 6. The monoisotopic (exact) mass is 1200 g/mol. The number of β-amino-alcohol motifs (C(OH)–C–C–N with tert-alkyl or cyclic N) is 1. The summed E-state index contributed by atoms with van der Waals surface area (Å²) in [5.74, 6) is -2.44. The molecule has 2 aliphatic rings. The van der Waals surface area contributed by atoms with Gasteiger partial charge < -0.3 is 46.2 Å². The number of aliphatic hydroxyl groups is 1. The normalized spacial score (nSPS) is 17.9. The zero-order chi connectivity index (χ0) is 60.1. The largest absolute Gasteiger partial charge is 0.482 e. The van der Waals surface area contributed by atoms with Gasteiger partial charge in [-0.15, -0.1) is 21.5 Å². The fourth-order valence-corrected chi connectivity index (χ4v) is 12.2. The molecule has 22 heteroatoms. The average Bonchev–Trinajstić information content (AvgIpc) is 4.23. The SMILES string of the molecule is Cc1ncsc1-c1ccc(CNC(=O)[C@@H]2C[C@@H](O)CN2C(=O)C(NC(=O)CCCCCCCCCCCC(=O)N2[C@H](C)CN(C(=O)c3ccc(NC(=O)c4cc(OC(C)c5c(Cl)ccc(F)c5Cl)c(N)nn4)cc3)C[C@@H]2C)C(C)(C)C)cc1. The van der Waals surface area contributed by atoms with Gasteiger partial charge >= 0.3 is 0 Å². The number of halogens is 3. The topological polar surface area (TPSA) is 242 Å². The van der Waals surface area contributed by atoms with Crippen molar-refractivity contribution in [2.45, 2.75) is 168 Å². The van der Waals surface area contributed by atoms with E-state index in [-0.39, 0.29) is 100 Å². The molecule has 7 rings (SSSR count). The molecule has 3 aromatic carbocycles. The van der Waals surface area contributed by atoms with Crippen molar-refractivity contribution in [3.8, 4) is 16.2 Å². The van der Waals surface area contributed by atoms with Crippen LogP contribution in [0.4, 0.5) is 15.9 Å². The number of thiazole rings is 1. The number of piperazine rings is 1. The van der Waals surface area contributed by atoms with Crippen molar-refractivity contribution in [2.75, 3.05) is 30.7 Å². The van der Waals surface area contributed by atoms with Crippen LogP contribution in [0.1, 0.15) is 162 Å². The van der Waals surface area contributed by atoms with Crippen LogP contribution < -0.4 is 26.4 Å². The molecule has 5 aromatic rings. The number of nitrogen functional groups attached to an aromatic ring is 1. The number of anilines is 2. The van der Waals surface area contributed by atoms with Gasteiger partial charge in [-0.3, -0.25) is 28.8 Å². The molecule has 2 unspecified atom stereocenters. The highest BCUT2D eigenvalue weighted by Crippen LogP contribution is 2.36. The molecule has 6 atom stereocenters. The van der Waals surface area contributed by atoms with Crippen molar-refractivity contribution in [1.29, 1.82) is 0 Å². The molecule has 446 valence electrons. The molecule has 2 fully saturated rings. The molecular weight excluding hydrogens is 1120 g/mol. The Hall–Kier alpha value is -6.74. The Labute approximate surface area is 499 Å². The molecule has 0 spiro atoms. The molecule has 0 radical (unpaired) electrons. The number of amides is 6. The Balaban J connectivity index is 0.752. The Kier molecular flexibility index (Phi) is 22.4. The first-order valence-electron chi connectivity index (χ1n) is 28.5. The third kappa shape index (κ3) is 17.0. The van der Waals surface area contributed by atoms with Gasteiger partial charge in [0.15, 0.2) is 17.3 Å². The van der Waals surface area contributed by atoms with Gasteiger partial charge in [0.1, 0.15) is 24.0 Å². The van der Waals surface area contributed by atoms with E-state index in [4.69, 9.17) is 33.7 Å². The van der Waals surface area contributed by atoms with Gasteiger partial charge in [-0.05, 0) is 93.5 Å². The van der Waals surface area contributed by atoms with Crippen molar-refractivity contribution in [3.63, 3.8) is 0 Å². The van der Waals surface area contributed by atoms with Gasteiger partial charge in [-0.2, -0.15) is 0 Å². The minimum absolute atomic E-state index is 0.0125. The van der Waals surface area contributed by atoms with E-state index in [0.29, 0.717) is 37.2 Å². The van der Waals surface area contributed by atoms with Gasteiger partial charge in [-0.25, -0.2) is 9.37 Å². The predicted octanol–water partition coefficient (Wildman–Crippen LogP) is 10.5. The molecule has 0 saturated carbocycles. The number of nitrogens with two attached hydrogens (primary N) is 1. The van der Waals surface area contributed by atoms with Crippen molar-refractivity contribution in [1.82, 2.24) is 40.5 Å². The number of aliphatic hydroxyl groups excluding tert-OH is 1. The first kappa shape index (κ1) is 63.8. The molecule has 4 heterocycles. The van der Waals surface area contributed by atoms with Crippen molar-refractivity contribution >= 4 is 81.5 Å². The van der Waals surface area contributed by atoms with Crippen LogP contribution in [0.3, 0.4) is 0 Å². The van der Waals surface area contributed by atoms with Crippen LogP contribution in [0.5, 0.6) is 5.75 Å². The second kappa shape index (κ2) is 29.2. The quantitative estimate of drug-likeness (QED) is 0.0286. The summed E-state index contributed by atoms with van der Waals surface area (Å²) in [4.78, 5) is 91.6. The Morgan fingerprint density at radius 1 is 0.855 bits per heavy atom. The van der Waals surface area contributed by atoms with E-state index in [0.717, 1.165) is 79.1 Å². The summed E-state index contributed by atoms with van der Waals surface area (Å²) in [6.45, 7) is 14.2. The van der Waals surface area contributed by atoms with Gasteiger partial charge in [0, 0.05) is 85.4 Å². The highest BCUT2D eigenvalue weighted by atomic mass is 35.5. The van der Waals surface area contributed by atoms with Gasteiger partial charge in [0.25, 0.3) is 11.8 Å². The maximum atomic E-state index is 14.2. The summed E-state index contributed by atoms with van der Waals surface area (Å²) in [5, 5.41) is 27.0. The molecule has 6 N–H and O–H groups in total. The molecule has 2 saturated heterocycles. The summed E-state index contributed by atoms with van der Waals surface area (Å²) in [6, 6.07) is 16.1. The van der Waals surface area contributed by atoms with E-state index in [1.807, 2.05) is 76.2 Å². The van der Waals surface area contributed by atoms with E-state index in [1.54, 1.807) is 47.4 Å². The van der Waals surface area contributed by atoms with Gasteiger partial charge in [-0.1, -0.05) is 113 Å². The number of ether oxygens (including phenoxy) is 1. The predicted molar refractivity (Wildman–Crippen MR) is 320 cm³/mol. The molecule has 83 heavy (non-hydrogen) atoms. The summed E-state index contributed by atoms with van der Waals surface area (Å²) in [6.07, 6.45) is 7.55. The molecular formula is C61H77Cl2FN10O8S. The summed E-state index contributed by atoms with van der Waals surface area (Å²) >= 11 is 14.0. The minimum Gasteiger partial charge on any atom is -0.482 e. The first-order valence-corrected chi connectivity index (χ1v) is 30.1. The average molecular weight is 1200 g/mol. The fourth-order valence-electron chi connectivity index (χ4n) is 10.7. The van der Waals surface area contributed by atoms with E-state index < -0.39 is 41.4 Å². The fraction of sp³-hybridized carbons (Fsp3) is 0.492. The number of likely N-dealkylation sites (tertiary alicyclic amines) is 1. The van der Waals surface area contributed by atoms with Crippen LogP contribution in [-0.2, 0) is 25.7 Å². The number of hydrogen-bond donors (Lipinski definition) is 5. The number of benzene rings is 3. The van der Waals surface area contributed by atoms with Gasteiger partial charge in [0.2, 0.25) is 23.6 Å². The third-order valence-electron chi connectivity index (χ3n) is 15.2. The highest BCUT2D eigenvalue weighted by Gasteiger charge is 2.44. The summed E-state index contributed by atoms with van der Waals surface area (Å²) in [5.41, 5.74) is 11.0. The number of nitrogens with one attached hydrogen (secondary N) is 3. The molecule has 18 nitrogen and oxygen atoms in total. The smallest absolute Gasteiger partial charge is 0.276 e. The van der Waals surface area contributed by atoms with Crippen LogP contribution in [0, 0.1) is 18.2 Å². The summed E-state index contributed by atoms with van der Waals surface area (Å²) < 4.78 is 20.1. The Morgan fingerprint density at radius 3 is 2.10 bits per heavy atom. The molecule has 0 bridgehead atoms. The molecule has 2 aliphatic heterocycles. The number of rotatable bonds is 24. The Morgan fingerprint density at radius 2 is 1.48 bits per heavy atom. The lowest BCUT2D eigenvalue weighted by Gasteiger charge is -2.44. The lowest BCUT2D eigenvalue weighted by Crippen LogP contribution is -2.59. The van der Waals surface area contributed by atoms with Crippen LogP contribution in [-0.4, -0.2) is 120 Å². The molecule has 2 aromatic heterocycles. The standard InChI is InChI=1S/C61H77Cl2FN10O8S/c1-36-32-72(59(80)42-23-25-43(26-24-42)68-57(78)47-30-49(56(65)71-70-47)82-39(4)52-45(62)27-28-46(64)53(52)63)33-37(2)74(36)51(77)18-16-14-12-10-8-9-11-13-15-17-50(76)69-55(61(5,6)7)60(81)73-34-44(75)29-48(73)58(79)66-31-40-19-21-41(22-20-40)54-38(3)67-35-83-54/h19-28,30,35-37,39,44,48,55,75H,8-18,29,31-34H2,1-7H3,(H2,65,71)(H,66,79)(H,68,78)(H,69,76)/t36-,37+,39?,44-,48+,55?/m1/s1. The molecule has 6 amide bonds. The zero-order valence-corrected chi connectivity index (χ0v) is 50.6. The van der Waals surface area contributed by atoms with E-state index >= 15 is 0 Å². The second-order valence-electron chi connectivity index (χ2n) is 22.9. The van der Waals surface area contributed by atoms with Crippen LogP contribution in [0.25, 0.3) is 10.4 Å². The third-order valence-corrected chi connectivity index (χ3v) is 16.9. The van der Waals surface area contributed by atoms with Gasteiger partial charge in [0.05, 0.1) is 27.2 Å². The van der Waals surface area contributed by atoms with Crippen molar-refractivity contribution in [2.24, 2.45) is 5.41 Å². The van der Waals surface area contributed by atoms with E-state index in [2.05, 4.69) is 31.1 Å². The second-order valence-corrected chi connectivity index (χ2v) is 24.5. The zero-order valence-electron chi connectivity index (χ0n) is 48.3. The lowest BCUT2D eigenvalue weighted by atomic mass is 9.85. The maximum absolute atomic E-state index is 14.2. The first-order chi connectivity index (χ1) is 39.5. The van der Waals surface area contributed by atoms with Crippen molar-refractivity contribution in [3.05, 3.63) is 116 Å². The van der Waals surface area contributed by atoms with E-state index in [1.165, 1.54) is 17.0 Å². The molecule has 0 aliphatic carbocycles. The highest BCUT2D eigenvalue weighted by molar-refractivity contribution is 7.13.